The van der Waals surface area contributed by atoms with E-state index in [9.17, 15) is 9.90 Å². The van der Waals surface area contributed by atoms with Crippen molar-refractivity contribution in [2.45, 2.75) is 19.3 Å². The third kappa shape index (κ3) is 3.55. The van der Waals surface area contributed by atoms with Crippen LogP contribution in [0.5, 0.6) is 0 Å². The third-order valence-corrected chi connectivity index (χ3v) is 3.99. The Hall–Kier alpha value is -1.38. The lowest BCUT2D eigenvalue weighted by Gasteiger charge is -2.13. The molecule has 0 saturated heterocycles. The van der Waals surface area contributed by atoms with Gasteiger partial charge in [-0.25, -0.2) is 0 Å². The summed E-state index contributed by atoms with van der Waals surface area (Å²) in [5.74, 6) is -0.116. The van der Waals surface area contributed by atoms with Crippen LogP contribution in [0, 0.1) is 16.7 Å². The van der Waals surface area contributed by atoms with Gasteiger partial charge in [0, 0.05) is 16.4 Å². The molecule has 0 spiro atoms. The number of carbonyl (C=O) groups excluding carboxylic acids is 1. The number of nitrogens with zero attached hydrogens (tertiary/aromatic N) is 1. The summed E-state index contributed by atoms with van der Waals surface area (Å²) in [5.41, 5.74) is 1.13. The van der Waals surface area contributed by atoms with E-state index in [4.69, 9.17) is 5.26 Å². The number of halogens is 1. The maximum absolute atomic E-state index is 11.9. The van der Waals surface area contributed by atoms with E-state index in [2.05, 4.69) is 27.3 Å². The van der Waals surface area contributed by atoms with Crippen molar-refractivity contribution in [3.63, 3.8) is 0 Å². The monoisotopic (exact) mass is 322 g/mol. The number of hydrogen-bond acceptors (Lipinski definition) is 3. The van der Waals surface area contributed by atoms with Crippen LogP contribution in [0.3, 0.4) is 0 Å². The van der Waals surface area contributed by atoms with Crippen molar-refractivity contribution in [2.24, 2.45) is 5.41 Å². The molecule has 0 aliphatic heterocycles. The molecule has 0 heterocycles. The third-order valence-electron chi connectivity index (χ3n) is 3.49. The van der Waals surface area contributed by atoms with Crippen LogP contribution in [0.1, 0.15) is 24.0 Å². The Balaban J connectivity index is 1.95. The van der Waals surface area contributed by atoms with Crippen LogP contribution in [0.25, 0.3) is 0 Å². The number of carbonyl (C=O) groups is 1. The lowest BCUT2D eigenvalue weighted by Crippen LogP contribution is -2.33. The van der Waals surface area contributed by atoms with Gasteiger partial charge in [0.05, 0.1) is 24.7 Å². The molecule has 1 aromatic rings. The molecular formula is C14H15BrN2O2. The minimum absolute atomic E-state index is 0.0923. The Kier molecular flexibility index (Phi) is 4.23. The normalized spacial score (nSPS) is 15.6. The molecule has 1 aliphatic carbocycles. The first-order valence-electron chi connectivity index (χ1n) is 6.15. The van der Waals surface area contributed by atoms with E-state index in [1.165, 1.54) is 0 Å². The molecule has 0 bridgehead atoms. The molecule has 0 atom stereocenters. The zero-order valence-electron chi connectivity index (χ0n) is 10.4. The number of nitriles is 1. The van der Waals surface area contributed by atoms with Crippen molar-refractivity contribution in [2.75, 3.05) is 13.2 Å². The van der Waals surface area contributed by atoms with Gasteiger partial charge in [0.25, 0.3) is 0 Å². The van der Waals surface area contributed by atoms with Crippen LogP contribution in [-0.4, -0.2) is 24.2 Å². The zero-order chi connectivity index (χ0) is 13.9. The Morgan fingerprint density at radius 1 is 1.53 bits per heavy atom. The first-order chi connectivity index (χ1) is 9.08. The van der Waals surface area contributed by atoms with Crippen LogP contribution in [0.15, 0.2) is 22.7 Å². The highest BCUT2D eigenvalue weighted by atomic mass is 79.9. The maximum Gasteiger partial charge on any atom is 0.224 e. The fraction of sp³-hybridized carbons (Fsp3) is 0.429. The van der Waals surface area contributed by atoms with Crippen molar-refractivity contribution in [1.29, 1.82) is 5.26 Å². The van der Waals surface area contributed by atoms with Gasteiger partial charge in [-0.15, -0.1) is 0 Å². The van der Waals surface area contributed by atoms with E-state index < -0.39 is 0 Å². The van der Waals surface area contributed by atoms with Crippen LogP contribution >= 0.6 is 15.9 Å². The topological polar surface area (TPSA) is 73.1 Å². The highest BCUT2D eigenvalue weighted by Crippen LogP contribution is 2.44. The highest BCUT2D eigenvalue weighted by Gasteiger charge is 2.41. The van der Waals surface area contributed by atoms with Crippen LogP contribution in [-0.2, 0) is 11.2 Å². The van der Waals surface area contributed by atoms with Gasteiger partial charge in [0.15, 0.2) is 0 Å². The summed E-state index contributed by atoms with van der Waals surface area (Å²) in [7, 11) is 0. The molecule has 1 aromatic carbocycles. The van der Waals surface area contributed by atoms with Gasteiger partial charge < -0.3 is 10.4 Å². The fourth-order valence-corrected chi connectivity index (χ4v) is 2.32. The molecule has 0 radical (unpaired) electrons. The molecule has 100 valence electrons. The largest absolute Gasteiger partial charge is 0.396 e. The number of rotatable bonds is 5. The number of amides is 1. The van der Waals surface area contributed by atoms with E-state index in [1.807, 2.05) is 0 Å². The number of benzene rings is 1. The molecule has 1 amide bonds. The highest BCUT2D eigenvalue weighted by molar-refractivity contribution is 9.10. The van der Waals surface area contributed by atoms with E-state index >= 15 is 0 Å². The van der Waals surface area contributed by atoms with Crippen LogP contribution in [0.2, 0.25) is 0 Å². The first-order valence-corrected chi connectivity index (χ1v) is 6.94. The van der Waals surface area contributed by atoms with E-state index in [-0.39, 0.29) is 24.3 Å². The Morgan fingerprint density at radius 2 is 2.26 bits per heavy atom. The summed E-state index contributed by atoms with van der Waals surface area (Å²) in [6, 6.07) is 7.35. The summed E-state index contributed by atoms with van der Waals surface area (Å²) in [4.78, 5) is 11.9. The lowest BCUT2D eigenvalue weighted by atomic mass is 10.0. The number of hydrogen-bond donors (Lipinski definition) is 2. The quantitative estimate of drug-likeness (QED) is 0.867. The fourth-order valence-electron chi connectivity index (χ4n) is 1.91. The van der Waals surface area contributed by atoms with Crippen molar-refractivity contribution < 1.29 is 9.90 Å². The van der Waals surface area contributed by atoms with Gasteiger partial charge in [0.1, 0.15) is 0 Å². The van der Waals surface area contributed by atoms with E-state index in [1.54, 1.807) is 18.2 Å². The molecule has 1 aliphatic rings. The summed E-state index contributed by atoms with van der Waals surface area (Å²) in [6.45, 7) is 0.631. The predicted octanol–water partition coefficient (Wildman–Crippen LogP) is 1.75. The second-order valence-corrected chi connectivity index (χ2v) is 5.94. The SMILES string of the molecule is N#Cc1ccc(Br)cc1CC(=O)NCC1(CO)CC1. The van der Waals surface area contributed by atoms with Gasteiger partial charge in [-0.05, 0) is 36.6 Å². The predicted molar refractivity (Wildman–Crippen MR) is 74.3 cm³/mol. The molecule has 2 N–H and O–H groups in total. The lowest BCUT2D eigenvalue weighted by molar-refractivity contribution is -0.120. The van der Waals surface area contributed by atoms with Crippen molar-refractivity contribution in [3.8, 4) is 6.07 Å². The Labute approximate surface area is 120 Å². The van der Waals surface area contributed by atoms with Gasteiger partial charge >= 0.3 is 0 Å². The second-order valence-electron chi connectivity index (χ2n) is 5.02. The van der Waals surface area contributed by atoms with Gasteiger partial charge in [0.2, 0.25) is 5.91 Å². The average Bonchev–Trinajstić information content (AvgIpc) is 3.17. The minimum Gasteiger partial charge on any atom is -0.396 e. The second kappa shape index (κ2) is 5.72. The number of nitrogens with one attached hydrogen (secondary N) is 1. The molecule has 1 fully saturated rings. The Morgan fingerprint density at radius 3 is 2.84 bits per heavy atom. The molecule has 1 saturated carbocycles. The molecule has 4 nitrogen and oxygen atoms in total. The van der Waals surface area contributed by atoms with Crippen LogP contribution in [0.4, 0.5) is 0 Å². The molecule has 2 rings (SSSR count). The summed E-state index contributed by atoms with van der Waals surface area (Å²) in [5, 5.41) is 21.0. The average molecular weight is 323 g/mol. The molecule has 0 aromatic heterocycles. The first kappa shape index (κ1) is 14.0. The van der Waals surface area contributed by atoms with E-state index in [0.717, 1.165) is 17.3 Å². The molecule has 5 heteroatoms. The summed E-state index contributed by atoms with van der Waals surface area (Å²) >= 11 is 3.33. The number of aliphatic hydroxyl groups is 1. The molecular weight excluding hydrogens is 308 g/mol. The van der Waals surface area contributed by atoms with Crippen LogP contribution < -0.4 is 5.32 Å². The van der Waals surface area contributed by atoms with Crippen molar-refractivity contribution in [1.82, 2.24) is 5.32 Å². The van der Waals surface area contributed by atoms with Crippen molar-refractivity contribution in [3.05, 3.63) is 33.8 Å². The Bertz CT molecular complexity index is 533. The number of aliphatic hydroxyl groups excluding tert-OH is 1. The molecule has 19 heavy (non-hydrogen) atoms. The van der Waals surface area contributed by atoms with E-state index in [0.29, 0.717) is 17.7 Å². The molecule has 0 unspecified atom stereocenters. The van der Waals surface area contributed by atoms with Gasteiger partial charge in [-0.1, -0.05) is 15.9 Å². The maximum atomic E-state index is 11.9. The smallest absolute Gasteiger partial charge is 0.224 e. The summed E-state index contributed by atoms with van der Waals surface area (Å²) < 4.78 is 0.850. The summed E-state index contributed by atoms with van der Waals surface area (Å²) in [6.07, 6.45) is 2.11. The minimum atomic E-state index is -0.116. The zero-order valence-corrected chi connectivity index (χ0v) is 12.0. The standard InChI is InChI=1S/C14H15BrN2O2/c15-12-2-1-10(7-16)11(5-12)6-13(19)17-8-14(9-18)3-4-14/h1-2,5,18H,3-4,6,8-9H2,(H,17,19). The van der Waals surface area contributed by atoms with Gasteiger partial charge in [-0.2, -0.15) is 5.26 Å². The van der Waals surface area contributed by atoms with Crippen molar-refractivity contribution >= 4 is 21.8 Å². The van der Waals surface area contributed by atoms with Gasteiger partial charge in [-0.3, -0.25) is 4.79 Å².